The van der Waals surface area contributed by atoms with Crippen LogP contribution in [0.15, 0.2) is 28.7 Å². The number of hydrogen-bond donors (Lipinski definition) is 1. The minimum Gasteiger partial charge on any atom is -0.326 e. The van der Waals surface area contributed by atoms with Crippen LogP contribution >= 0.6 is 27.3 Å². The maximum absolute atomic E-state index is 5.76. The van der Waals surface area contributed by atoms with Gasteiger partial charge in [0, 0.05) is 21.5 Å². The normalized spacial score (nSPS) is 10.8. The molecule has 2 aromatic rings. The molecule has 2 rings (SSSR count). The van der Waals surface area contributed by atoms with Crippen molar-refractivity contribution in [1.29, 1.82) is 0 Å². The molecule has 0 bridgehead atoms. The van der Waals surface area contributed by atoms with E-state index in [1.807, 2.05) is 12.1 Å². The third-order valence-corrected chi connectivity index (χ3v) is 4.18. The van der Waals surface area contributed by atoms with Gasteiger partial charge in [0.15, 0.2) is 0 Å². The Morgan fingerprint density at radius 2 is 2.24 bits per heavy atom. The Morgan fingerprint density at radius 3 is 2.88 bits per heavy atom. The topological polar surface area (TPSA) is 38.9 Å². The first-order valence-corrected chi connectivity index (χ1v) is 7.30. The molecule has 4 heteroatoms. The van der Waals surface area contributed by atoms with Crippen molar-refractivity contribution in [2.45, 2.75) is 26.3 Å². The SMILES string of the molecule is CCCc1nc(-c2cccc(Br)c2)sc1CN. The van der Waals surface area contributed by atoms with Crippen LogP contribution in [0.4, 0.5) is 0 Å². The van der Waals surface area contributed by atoms with E-state index in [1.54, 1.807) is 11.3 Å². The van der Waals surface area contributed by atoms with Crippen molar-refractivity contribution in [3.05, 3.63) is 39.3 Å². The van der Waals surface area contributed by atoms with Crippen molar-refractivity contribution in [1.82, 2.24) is 4.98 Å². The summed E-state index contributed by atoms with van der Waals surface area (Å²) in [5, 5.41) is 1.07. The molecule has 0 aliphatic carbocycles. The zero-order valence-electron chi connectivity index (χ0n) is 9.74. The Morgan fingerprint density at radius 1 is 1.41 bits per heavy atom. The molecule has 1 aromatic carbocycles. The molecule has 1 heterocycles. The van der Waals surface area contributed by atoms with Crippen molar-refractivity contribution < 1.29 is 0 Å². The molecule has 0 fully saturated rings. The van der Waals surface area contributed by atoms with E-state index in [4.69, 9.17) is 10.7 Å². The summed E-state index contributed by atoms with van der Waals surface area (Å²) in [7, 11) is 0. The lowest BCUT2D eigenvalue weighted by Gasteiger charge is -1.96. The third-order valence-electron chi connectivity index (χ3n) is 2.52. The smallest absolute Gasteiger partial charge is 0.123 e. The number of benzene rings is 1. The van der Waals surface area contributed by atoms with E-state index in [9.17, 15) is 0 Å². The Labute approximate surface area is 114 Å². The van der Waals surface area contributed by atoms with Gasteiger partial charge in [-0.2, -0.15) is 0 Å². The monoisotopic (exact) mass is 310 g/mol. The number of halogens is 1. The highest BCUT2D eigenvalue weighted by Gasteiger charge is 2.10. The lowest BCUT2D eigenvalue weighted by atomic mass is 10.2. The fraction of sp³-hybridized carbons (Fsp3) is 0.308. The molecule has 2 nitrogen and oxygen atoms in total. The van der Waals surface area contributed by atoms with Gasteiger partial charge in [-0.3, -0.25) is 0 Å². The molecule has 90 valence electrons. The fourth-order valence-electron chi connectivity index (χ4n) is 1.72. The average molecular weight is 311 g/mol. The van der Waals surface area contributed by atoms with Crippen LogP contribution in [0, 0.1) is 0 Å². The second-order valence-electron chi connectivity index (χ2n) is 3.85. The van der Waals surface area contributed by atoms with Crippen LogP contribution in [0.25, 0.3) is 10.6 Å². The number of nitrogens with zero attached hydrogens (tertiary/aromatic N) is 1. The van der Waals surface area contributed by atoms with Gasteiger partial charge in [-0.1, -0.05) is 41.4 Å². The van der Waals surface area contributed by atoms with Gasteiger partial charge in [-0.05, 0) is 18.6 Å². The molecular formula is C13H15BrN2S. The predicted molar refractivity (Wildman–Crippen MR) is 77.1 cm³/mol. The molecule has 0 saturated carbocycles. The van der Waals surface area contributed by atoms with E-state index in [0.29, 0.717) is 6.54 Å². The van der Waals surface area contributed by atoms with Gasteiger partial charge in [-0.15, -0.1) is 11.3 Å². The first kappa shape index (κ1) is 12.7. The summed E-state index contributed by atoms with van der Waals surface area (Å²) in [5.74, 6) is 0. The number of aryl methyl sites for hydroxylation is 1. The van der Waals surface area contributed by atoms with Crippen molar-refractivity contribution in [3.63, 3.8) is 0 Å². The minimum absolute atomic E-state index is 0.584. The summed E-state index contributed by atoms with van der Waals surface area (Å²) in [6, 6.07) is 8.23. The average Bonchev–Trinajstić information content (AvgIpc) is 2.73. The molecule has 17 heavy (non-hydrogen) atoms. The number of hydrogen-bond acceptors (Lipinski definition) is 3. The summed E-state index contributed by atoms with van der Waals surface area (Å²) in [5.41, 5.74) is 8.08. The van der Waals surface area contributed by atoms with E-state index in [1.165, 1.54) is 4.88 Å². The molecule has 0 saturated heterocycles. The maximum atomic E-state index is 5.76. The summed E-state index contributed by atoms with van der Waals surface area (Å²) < 4.78 is 1.08. The molecule has 0 atom stereocenters. The molecule has 0 aliphatic heterocycles. The zero-order valence-corrected chi connectivity index (χ0v) is 12.1. The van der Waals surface area contributed by atoms with Crippen molar-refractivity contribution in [3.8, 4) is 10.6 Å². The number of aromatic nitrogens is 1. The molecular weight excluding hydrogens is 296 g/mol. The van der Waals surface area contributed by atoms with Crippen LogP contribution in [0.2, 0.25) is 0 Å². The lowest BCUT2D eigenvalue weighted by Crippen LogP contribution is -1.97. The Balaban J connectivity index is 2.39. The predicted octanol–water partition coefficient (Wildman–Crippen LogP) is 3.98. The van der Waals surface area contributed by atoms with E-state index < -0.39 is 0 Å². The Kier molecular flexibility index (Phi) is 4.31. The quantitative estimate of drug-likeness (QED) is 0.927. The zero-order chi connectivity index (χ0) is 12.3. The van der Waals surface area contributed by atoms with Gasteiger partial charge in [-0.25, -0.2) is 4.98 Å². The number of rotatable bonds is 4. The van der Waals surface area contributed by atoms with Crippen LogP contribution in [0.1, 0.15) is 23.9 Å². The third kappa shape index (κ3) is 2.94. The summed E-state index contributed by atoms with van der Waals surface area (Å²) in [6.45, 7) is 2.75. The second kappa shape index (κ2) is 5.76. The van der Waals surface area contributed by atoms with Crippen LogP contribution in [-0.4, -0.2) is 4.98 Å². The van der Waals surface area contributed by atoms with Gasteiger partial charge in [0.05, 0.1) is 5.69 Å². The molecule has 0 aliphatic rings. The van der Waals surface area contributed by atoms with Crippen LogP contribution in [-0.2, 0) is 13.0 Å². The van der Waals surface area contributed by atoms with Gasteiger partial charge in [0.25, 0.3) is 0 Å². The molecule has 0 radical (unpaired) electrons. The van der Waals surface area contributed by atoms with E-state index in [2.05, 4.69) is 35.0 Å². The van der Waals surface area contributed by atoms with Crippen LogP contribution < -0.4 is 5.73 Å². The summed E-state index contributed by atoms with van der Waals surface area (Å²) in [6.07, 6.45) is 2.12. The first-order chi connectivity index (χ1) is 8.24. The maximum Gasteiger partial charge on any atom is 0.123 e. The van der Waals surface area contributed by atoms with Crippen LogP contribution in [0.3, 0.4) is 0 Å². The molecule has 0 amide bonds. The summed E-state index contributed by atoms with van der Waals surface area (Å²) >= 11 is 5.19. The van der Waals surface area contributed by atoms with Crippen molar-refractivity contribution in [2.75, 3.05) is 0 Å². The molecule has 0 spiro atoms. The van der Waals surface area contributed by atoms with Gasteiger partial charge < -0.3 is 5.73 Å². The minimum atomic E-state index is 0.584. The molecule has 2 N–H and O–H groups in total. The van der Waals surface area contributed by atoms with Crippen LogP contribution in [0.5, 0.6) is 0 Å². The fourth-order valence-corrected chi connectivity index (χ4v) is 3.10. The lowest BCUT2D eigenvalue weighted by molar-refractivity contribution is 0.872. The number of nitrogens with two attached hydrogens (primary N) is 1. The highest BCUT2D eigenvalue weighted by atomic mass is 79.9. The summed E-state index contributed by atoms with van der Waals surface area (Å²) in [4.78, 5) is 5.91. The standard InChI is InChI=1S/C13H15BrN2S/c1-2-4-11-12(8-15)17-13(16-11)9-5-3-6-10(14)7-9/h3,5-7H,2,4,8,15H2,1H3. The second-order valence-corrected chi connectivity index (χ2v) is 5.85. The molecule has 1 aromatic heterocycles. The van der Waals surface area contributed by atoms with Crippen molar-refractivity contribution in [2.24, 2.45) is 5.73 Å². The van der Waals surface area contributed by atoms with E-state index in [-0.39, 0.29) is 0 Å². The van der Waals surface area contributed by atoms with Crippen molar-refractivity contribution >= 4 is 27.3 Å². The van der Waals surface area contributed by atoms with Gasteiger partial charge in [0.2, 0.25) is 0 Å². The van der Waals surface area contributed by atoms with Gasteiger partial charge >= 0.3 is 0 Å². The Hall–Kier alpha value is -0.710. The van der Waals surface area contributed by atoms with E-state index in [0.717, 1.165) is 33.6 Å². The van der Waals surface area contributed by atoms with E-state index >= 15 is 0 Å². The largest absolute Gasteiger partial charge is 0.326 e. The van der Waals surface area contributed by atoms with Gasteiger partial charge in [0.1, 0.15) is 5.01 Å². The highest BCUT2D eigenvalue weighted by molar-refractivity contribution is 9.10. The number of thiazole rings is 1. The first-order valence-electron chi connectivity index (χ1n) is 5.69. The highest BCUT2D eigenvalue weighted by Crippen LogP contribution is 2.30. The molecule has 0 unspecified atom stereocenters. The Bertz CT molecular complexity index is 508.